The normalized spacial score (nSPS) is 27.3. The maximum Gasteiger partial charge on any atom is 0.0249 e. The van der Waals surface area contributed by atoms with Crippen molar-refractivity contribution in [3.8, 4) is 11.8 Å². The molecule has 2 saturated carbocycles. The molecule has 0 aromatic heterocycles. The Morgan fingerprint density at radius 1 is 0.741 bits per heavy atom. The summed E-state index contributed by atoms with van der Waals surface area (Å²) in [5, 5.41) is 0. The fraction of sp³-hybridized carbons (Fsp3) is 0.481. The van der Waals surface area contributed by atoms with E-state index in [1.807, 2.05) is 0 Å². The SMILES string of the molecule is CCc1ccc(C#Cc2ccc(C3CCC4CC(C)CCC4C3)cc2)cc1. The van der Waals surface area contributed by atoms with Gasteiger partial charge in [0.1, 0.15) is 0 Å². The highest BCUT2D eigenvalue weighted by molar-refractivity contribution is 5.44. The average Bonchev–Trinajstić information content (AvgIpc) is 2.72. The van der Waals surface area contributed by atoms with E-state index in [2.05, 4.69) is 74.2 Å². The van der Waals surface area contributed by atoms with E-state index in [0.29, 0.717) is 0 Å². The van der Waals surface area contributed by atoms with Gasteiger partial charge in [-0.15, -0.1) is 0 Å². The van der Waals surface area contributed by atoms with E-state index in [0.717, 1.165) is 41.2 Å². The fourth-order valence-corrected chi connectivity index (χ4v) is 5.23. The van der Waals surface area contributed by atoms with Gasteiger partial charge >= 0.3 is 0 Å². The quantitative estimate of drug-likeness (QED) is 0.510. The second kappa shape index (κ2) is 8.35. The molecule has 0 saturated heterocycles. The van der Waals surface area contributed by atoms with Crippen LogP contribution in [0.2, 0.25) is 0 Å². The van der Waals surface area contributed by atoms with Crippen LogP contribution in [-0.2, 0) is 6.42 Å². The van der Waals surface area contributed by atoms with Gasteiger partial charge < -0.3 is 0 Å². The van der Waals surface area contributed by atoms with E-state index in [-0.39, 0.29) is 0 Å². The van der Waals surface area contributed by atoms with Crippen LogP contribution in [0.5, 0.6) is 0 Å². The molecule has 0 spiro atoms. The van der Waals surface area contributed by atoms with Crippen LogP contribution in [0.3, 0.4) is 0 Å². The van der Waals surface area contributed by atoms with Crippen LogP contribution in [-0.4, -0.2) is 0 Å². The molecule has 0 radical (unpaired) electrons. The summed E-state index contributed by atoms with van der Waals surface area (Å²) in [6.45, 7) is 4.63. The van der Waals surface area contributed by atoms with E-state index in [4.69, 9.17) is 0 Å². The molecule has 0 amide bonds. The van der Waals surface area contributed by atoms with Crippen molar-refractivity contribution < 1.29 is 0 Å². The van der Waals surface area contributed by atoms with Crippen molar-refractivity contribution in [3.63, 3.8) is 0 Å². The van der Waals surface area contributed by atoms with Gasteiger partial charge in [-0.1, -0.05) is 56.4 Å². The van der Waals surface area contributed by atoms with E-state index in [1.165, 1.54) is 49.7 Å². The predicted octanol–water partition coefficient (Wildman–Crippen LogP) is 6.97. The summed E-state index contributed by atoms with van der Waals surface area (Å²) >= 11 is 0. The molecule has 0 heterocycles. The van der Waals surface area contributed by atoms with Crippen LogP contribution in [0.15, 0.2) is 48.5 Å². The Morgan fingerprint density at radius 2 is 1.33 bits per heavy atom. The van der Waals surface area contributed by atoms with Crippen LogP contribution in [0.4, 0.5) is 0 Å². The lowest BCUT2D eigenvalue weighted by Gasteiger charge is -2.41. The van der Waals surface area contributed by atoms with Crippen LogP contribution >= 0.6 is 0 Å². The summed E-state index contributed by atoms with van der Waals surface area (Å²) in [5.74, 6) is 10.3. The minimum Gasteiger partial charge on any atom is -0.0625 e. The first-order valence-electron chi connectivity index (χ1n) is 10.9. The number of aryl methyl sites for hydroxylation is 1. The molecule has 0 bridgehead atoms. The molecule has 140 valence electrons. The molecule has 0 N–H and O–H groups in total. The first-order chi connectivity index (χ1) is 13.2. The van der Waals surface area contributed by atoms with Crippen molar-refractivity contribution in [2.45, 2.75) is 64.7 Å². The molecule has 2 aromatic carbocycles. The molecule has 0 aliphatic heterocycles. The third-order valence-corrected chi connectivity index (χ3v) is 6.97. The highest BCUT2D eigenvalue weighted by Gasteiger charge is 2.34. The molecule has 2 fully saturated rings. The molecule has 2 aromatic rings. The molecule has 4 rings (SSSR count). The summed E-state index contributed by atoms with van der Waals surface area (Å²) in [7, 11) is 0. The smallest absolute Gasteiger partial charge is 0.0249 e. The second-order valence-electron chi connectivity index (χ2n) is 8.87. The Labute approximate surface area is 165 Å². The van der Waals surface area contributed by atoms with Crippen molar-refractivity contribution in [2.24, 2.45) is 17.8 Å². The highest BCUT2D eigenvalue weighted by Crippen LogP contribution is 2.47. The molecule has 4 unspecified atom stereocenters. The Balaban J connectivity index is 1.40. The number of benzene rings is 2. The van der Waals surface area contributed by atoms with Gasteiger partial charge in [0.05, 0.1) is 0 Å². The molecular formula is C27H32. The molecule has 2 aliphatic rings. The van der Waals surface area contributed by atoms with E-state index >= 15 is 0 Å². The molecule has 0 heteroatoms. The fourth-order valence-electron chi connectivity index (χ4n) is 5.23. The summed E-state index contributed by atoms with van der Waals surface area (Å²) in [5.41, 5.74) is 5.12. The second-order valence-corrected chi connectivity index (χ2v) is 8.87. The lowest BCUT2D eigenvalue weighted by Crippen LogP contribution is -2.29. The van der Waals surface area contributed by atoms with Gasteiger partial charge in [-0.25, -0.2) is 0 Å². The maximum absolute atomic E-state index is 3.33. The van der Waals surface area contributed by atoms with Crippen molar-refractivity contribution in [2.75, 3.05) is 0 Å². The monoisotopic (exact) mass is 356 g/mol. The number of rotatable bonds is 2. The predicted molar refractivity (Wildman–Crippen MR) is 115 cm³/mol. The highest BCUT2D eigenvalue weighted by atomic mass is 14.4. The Bertz CT molecular complexity index is 800. The molecular weight excluding hydrogens is 324 g/mol. The largest absolute Gasteiger partial charge is 0.0625 e. The van der Waals surface area contributed by atoms with Gasteiger partial charge in [0.2, 0.25) is 0 Å². The summed E-state index contributed by atoms with van der Waals surface area (Å²) in [6, 6.07) is 17.7. The maximum atomic E-state index is 3.33. The minimum absolute atomic E-state index is 0.767. The zero-order valence-corrected chi connectivity index (χ0v) is 16.9. The standard InChI is InChI=1S/C27H32/c1-3-21-5-7-22(8-6-21)9-10-23-11-14-24(15-12-23)26-17-16-25-18-20(2)4-13-27(25)19-26/h5-8,11-12,14-15,20,25-27H,3-4,13,16-19H2,1-2H3. The van der Waals surface area contributed by atoms with Crippen LogP contribution < -0.4 is 0 Å². The zero-order chi connectivity index (χ0) is 18.6. The van der Waals surface area contributed by atoms with Crippen molar-refractivity contribution in [1.29, 1.82) is 0 Å². The van der Waals surface area contributed by atoms with Crippen molar-refractivity contribution >= 4 is 0 Å². The van der Waals surface area contributed by atoms with Gasteiger partial charge in [-0.3, -0.25) is 0 Å². The number of fused-ring (bicyclic) bond motifs is 1. The van der Waals surface area contributed by atoms with Gasteiger partial charge in [0.25, 0.3) is 0 Å². The third-order valence-electron chi connectivity index (χ3n) is 6.97. The lowest BCUT2D eigenvalue weighted by molar-refractivity contribution is 0.124. The van der Waals surface area contributed by atoms with Crippen molar-refractivity contribution in [1.82, 2.24) is 0 Å². The third kappa shape index (κ3) is 4.47. The number of hydrogen-bond donors (Lipinski definition) is 0. The zero-order valence-electron chi connectivity index (χ0n) is 16.9. The Hall–Kier alpha value is -2.00. The molecule has 2 aliphatic carbocycles. The van der Waals surface area contributed by atoms with E-state index < -0.39 is 0 Å². The van der Waals surface area contributed by atoms with Gasteiger partial charge in [-0.2, -0.15) is 0 Å². The van der Waals surface area contributed by atoms with E-state index in [9.17, 15) is 0 Å². The molecule has 27 heavy (non-hydrogen) atoms. The van der Waals surface area contributed by atoms with Gasteiger partial charge in [0, 0.05) is 11.1 Å². The van der Waals surface area contributed by atoms with Crippen molar-refractivity contribution in [3.05, 3.63) is 70.8 Å². The van der Waals surface area contributed by atoms with Gasteiger partial charge in [-0.05, 0) is 97.6 Å². The minimum atomic E-state index is 0.767. The summed E-state index contributed by atoms with van der Waals surface area (Å²) in [4.78, 5) is 0. The van der Waals surface area contributed by atoms with E-state index in [1.54, 1.807) is 0 Å². The summed E-state index contributed by atoms with van der Waals surface area (Å²) < 4.78 is 0. The molecule has 0 nitrogen and oxygen atoms in total. The molecule has 4 atom stereocenters. The lowest BCUT2D eigenvalue weighted by atomic mass is 9.64. The van der Waals surface area contributed by atoms with Crippen LogP contribution in [0.1, 0.15) is 80.5 Å². The number of hydrogen-bond acceptors (Lipinski definition) is 0. The van der Waals surface area contributed by atoms with Crippen LogP contribution in [0.25, 0.3) is 0 Å². The Morgan fingerprint density at radius 3 is 2.00 bits per heavy atom. The first-order valence-corrected chi connectivity index (χ1v) is 10.9. The van der Waals surface area contributed by atoms with Crippen LogP contribution in [0, 0.1) is 29.6 Å². The topological polar surface area (TPSA) is 0 Å². The van der Waals surface area contributed by atoms with Gasteiger partial charge in [0.15, 0.2) is 0 Å². The Kier molecular flexibility index (Phi) is 5.68. The summed E-state index contributed by atoms with van der Waals surface area (Å²) in [6.07, 6.45) is 9.69. The average molecular weight is 357 g/mol. The first kappa shape index (κ1) is 18.4.